The Morgan fingerprint density at radius 2 is 1.90 bits per heavy atom. The van der Waals surface area contributed by atoms with Crippen LogP contribution in [-0.4, -0.2) is 8.42 Å². The number of nitrogens with two attached hydrogens (primary N) is 1. The molecule has 2 aromatic rings. The maximum Gasteiger partial charge on any atom is 0.236 e. The van der Waals surface area contributed by atoms with Gasteiger partial charge in [-0.3, -0.25) is 4.72 Å². The van der Waals surface area contributed by atoms with E-state index in [1.165, 1.54) is 0 Å². The second-order valence-corrected chi connectivity index (χ2v) is 6.26. The quantitative estimate of drug-likeness (QED) is 0.882. The first kappa shape index (κ1) is 15.0. The normalized spacial score (nSPS) is 10.9. The van der Waals surface area contributed by atoms with E-state index >= 15 is 0 Å². The van der Waals surface area contributed by atoms with Crippen molar-refractivity contribution in [2.75, 3.05) is 4.72 Å². The van der Waals surface area contributed by atoms with Crippen LogP contribution in [0, 0.1) is 11.3 Å². The lowest BCUT2D eigenvalue weighted by atomic mass is 10.2. The van der Waals surface area contributed by atoms with Crippen LogP contribution in [0.4, 0.5) is 5.69 Å². The van der Waals surface area contributed by atoms with Crippen LogP contribution in [0.3, 0.4) is 0 Å². The number of benzene rings is 2. The summed E-state index contributed by atoms with van der Waals surface area (Å²) in [7, 11) is -3.56. The van der Waals surface area contributed by atoms with Crippen molar-refractivity contribution < 1.29 is 8.42 Å². The Labute approximate surface area is 124 Å². The summed E-state index contributed by atoms with van der Waals surface area (Å²) in [4.78, 5) is 0. The SMILES string of the molecule is N#Cc1cccc(CS(=O)(=O)Nc2ccccc2CN)c1. The summed E-state index contributed by atoms with van der Waals surface area (Å²) >= 11 is 0. The first-order valence-corrected chi connectivity index (χ1v) is 7.97. The molecule has 0 aliphatic rings. The lowest BCUT2D eigenvalue weighted by Crippen LogP contribution is -2.17. The van der Waals surface area contributed by atoms with Crippen LogP contribution in [0.5, 0.6) is 0 Å². The first-order valence-electron chi connectivity index (χ1n) is 6.31. The number of para-hydroxylation sites is 1. The second kappa shape index (κ2) is 6.39. The number of rotatable bonds is 5. The number of anilines is 1. The van der Waals surface area contributed by atoms with Crippen LogP contribution < -0.4 is 10.5 Å². The number of nitrogens with one attached hydrogen (secondary N) is 1. The van der Waals surface area contributed by atoms with Gasteiger partial charge in [-0.15, -0.1) is 0 Å². The van der Waals surface area contributed by atoms with Crippen LogP contribution in [0.15, 0.2) is 48.5 Å². The Hall–Kier alpha value is -2.36. The predicted molar refractivity (Wildman–Crippen MR) is 81.7 cm³/mol. The molecule has 2 aromatic carbocycles. The molecule has 0 atom stereocenters. The maximum absolute atomic E-state index is 12.2. The lowest BCUT2D eigenvalue weighted by Gasteiger charge is -2.11. The van der Waals surface area contributed by atoms with Gasteiger partial charge in [-0.2, -0.15) is 5.26 Å². The molecule has 2 rings (SSSR count). The van der Waals surface area contributed by atoms with Gasteiger partial charge in [0.05, 0.1) is 23.1 Å². The molecule has 0 aliphatic carbocycles. The fraction of sp³-hybridized carbons (Fsp3) is 0.133. The molecule has 0 aliphatic heterocycles. The van der Waals surface area contributed by atoms with Crippen LogP contribution in [-0.2, 0) is 22.3 Å². The molecule has 6 heteroatoms. The third-order valence-corrected chi connectivity index (χ3v) is 4.16. The molecule has 5 nitrogen and oxygen atoms in total. The number of hydrogen-bond acceptors (Lipinski definition) is 4. The van der Waals surface area contributed by atoms with E-state index in [0.717, 1.165) is 5.56 Å². The zero-order chi connectivity index (χ0) is 15.3. The average Bonchev–Trinajstić information content (AvgIpc) is 2.47. The zero-order valence-electron chi connectivity index (χ0n) is 11.3. The maximum atomic E-state index is 12.2. The van der Waals surface area contributed by atoms with Crippen molar-refractivity contribution in [3.05, 3.63) is 65.2 Å². The molecule has 21 heavy (non-hydrogen) atoms. The molecule has 0 bridgehead atoms. The molecule has 0 unspecified atom stereocenters. The van der Waals surface area contributed by atoms with Crippen LogP contribution in [0.2, 0.25) is 0 Å². The molecule has 0 fully saturated rings. The van der Waals surface area contributed by atoms with Gasteiger partial charge in [-0.1, -0.05) is 30.3 Å². The third-order valence-electron chi connectivity index (χ3n) is 2.92. The van der Waals surface area contributed by atoms with Gasteiger partial charge in [0.25, 0.3) is 0 Å². The van der Waals surface area contributed by atoms with Crippen molar-refractivity contribution in [3.63, 3.8) is 0 Å². The summed E-state index contributed by atoms with van der Waals surface area (Å²) in [6.07, 6.45) is 0. The minimum Gasteiger partial charge on any atom is -0.326 e. The Bertz CT molecular complexity index is 780. The number of hydrogen-bond donors (Lipinski definition) is 2. The van der Waals surface area contributed by atoms with Gasteiger partial charge in [0.1, 0.15) is 0 Å². The number of nitrogens with zero attached hydrogens (tertiary/aromatic N) is 1. The van der Waals surface area contributed by atoms with Gasteiger partial charge >= 0.3 is 0 Å². The fourth-order valence-corrected chi connectivity index (χ4v) is 3.18. The van der Waals surface area contributed by atoms with Crippen molar-refractivity contribution >= 4 is 15.7 Å². The Morgan fingerprint density at radius 3 is 2.62 bits per heavy atom. The molecule has 0 spiro atoms. The highest BCUT2D eigenvalue weighted by Crippen LogP contribution is 2.18. The van der Waals surface area contributed by atoms with Gasteiger partial charge in [0.2, 0.25) is 10.0 Å². The Morgan fingerprint density at radius 1 is 1.14 bits per heavy atom. The van der Waals surface area contributed by atoms with Crippen LogP contribution in [0.1, 0.15) is 16.7 Å². The van der Waals surface area contributed by atoms with Crippen LogP contribution in [0.25, 0.3) is 0 Å². The van der Waals surface area contributed by atoms with Crippen molar-refractivity contribution in [1.29, 1.82) is 5.26 Å². The van der Waals surface area contributed by atoms with Crippen LogP contribution >= 0.6 is 0 Å². The minimum atomic E-state index is -3.56. The van der Waals surface area contributed by atoms with E-state index in [0.29, 0.717) is 16.8 Å². The minimum absolute atomic E-state index is 0.193. The van der Waals surface area contributed by atoms with E-state index in [4.69, 9.17) is 11.0 Å². The molecular formula is C15H15N3O2S. The Kier molecular flexibility index (Phi) is 4.58. The van der Waals surface area contributed by atoms with Gasteiger partial charge < -0.3 is 5.73 Å². The monoisotopic (exact) mass is 301 g/mol. The molecule has 108 valence electrons. The highest BCUT2D eigenvalue weighted by molar-refractivity contribution is 7.91. The van der Waals surface area contributed by atoms with E-state index in [1.54, 1.807) is 48.5 Å². The van der Waals surface area contributed by atoms with Crippen molar-refractivity contribution in [3.8, 4) is 6.07 Å². The second-order valence-electron chi connectivity index (χ2n) is 4.53. The molecule has 0 heterocycles. The first-order chi connectivity index (χ1) is 10.0. The molecule has 0 radical (unpaired) electrons. The highest BCUT2D eigenvalue weighted by Gasteiger charge is 2.13. The summed E-state index contributed by atoms with van der Waals surface area (Å²) in [5, 5.41) is 8.83. The van der Waals surface area contributed by atoms with E-state index in [9.17, 15) is 8.42 Å². The van der Waals surface area contributed by atoms with E-state index in [2.05, 4.69) is 4.72 Å². The standard InChI is InChI=1S/C15H15N3O2S/c16-9-12-4-3-5-13(8-12)11-21(19,20)18-15-7-2-1-6-14(15)10-17/h1-8,18H,10-11,17H2. The van der Waals surface area contributed by atoms with Gasteiger partial charge in [0, 0.05) is 6.54 Å². The van der Waals surface area contributed by atoms with Crippen molar-refractivity contribution in [2.24, 2.45) is 5.73 Å². The molecular weight excluding hydrogens is 286 g/mol. The fourth-order valence-electron chi connectivity index (χ4n) is 1.95. The summed E-state index contributed by atoms with van der Waals surface area (Å²) < 4.78 is 26.9. The van der Waals surface area contributed by atoms with Gasteiger partial charge in [-0.05, 0) is 29.3 Å². The summed E-state index contributed by atoms with van der Waals surface area (Å²) in [5.41, 5.74) is 7.80. The topological polar surface area (TPSA) is 96.0 Å². The summed E-state index contributed by atoms with van der Waals surface area (Å²) in [5.74, 6) is -0.193. The summed E-state index contributed by atoms with van der Waals surface area (Å²) in [6.45, 7) is 0.253. The van der Waals surface area contributed by atoms with Crippen molar-refractivity contribution in [2.45, 2.75) is 12.3 Å². The summed E-state index contributed by atoms with van der Waals surface area (Å²) in [6, 6.07) is 15.5. The Balaban J connectivity index is 2.21. The molecule has 0 aromatic heterocycles. The number of sulfonamides is 1. The lowest BCUT2D eigenvalue weighted by molar-refractivity contribution is 0.600. The molecule has 0 amide bonds. The average molecular weight is 301 g/mol. The largest absolute Gasteiger partial charge is 0.326 e. The molecule has 0 saturated heterocycles. The third kappa shape index (κ3) is 4.05. The van der Waals surface area contributed by atoms with E-state index < -0.39 is 10.0 Å². The number of nitriles is 1. The highest BCUT2D eigenvalue weighted by atomic mass is 32.2. The molecule has 0 saturated carbocycles. The molecule has 3 N–H and O–H groups in total. The smallest absolute Gasteiger partial charge is 0.236 e. The zero-order valence-corrected chi connectivity index (χ0v) is 12.1. The van der Waals surface area contributed by atoms with Crippen molar-refractivity contribution in [1.82, 2.24) is 0 Å². The van der Waals surface area contributed by atoms with Gasteiger partial charge in [-0.25, -0.2) is 8.42 Å². The van der Waals surface area contributed by atoms with E-state index in [1.807, 2.05) is 6.07 Å². The van der Waals surface area contributed by atoms with Gasteiger partial charge in [0.15, 0.2) is 0 Å². The predicted octanol–water partition coefficient (Wildman–Crippen LogP) is 1.96. The van der Waals surface area contributed by atoms with E-state index in [-0.39, 0.29) is 12.3 Å².